The van der Waals surface area contributed by atoms with E-state index in [1.54, 1.807) is 13.0 Å². The van der Waals surface area contributed by atoms with Crippen LogP contribution in [-0.4, -0.2) is 10.2 Å². The van der Waals surface area contributed by atoms with E-state index in [2.05, 4.69) is 10.2 Å². The van der Waals surface area contributed by atoms with Crippen molar-refractivity contribution in [2.45, 2.75) is 13.1 Å². The van der Waals surface area contributed by atoms with Crippen LogP contribution >= 0.6 is 0 Å². The minimum atomic E-state index is -4.35. The summed E-state index contributed by atoms with van der Waals surface area (Å²) in [5, 5.41) is 6.31. The normalized spacial score (nSPS) is 11.8. The quantitative estimate of drug-likeness (QED) is 0.793. The van der Waals surface area contributed by atoms with Gasteiger partial charge in [0, 0.05) is 5.56 Å². The Labute approximate surface area is 90.1 Å². The summed E-state index contributed by atoms with van der Waals surface area (Å²) in [6.45, 7) is 1.71. The van der Waals surface area contributed by atoms with Crippen LogP contribution in [0, 0.1) is 6.92 Å². The van der Waals surface area contributed by atoms with Crippen LogP contribution in [0.1, 0.15) is 11.1 Å². The minimum absolute atomic E-state index is 0.130. The Kier molecular flexibility index (Phi) is 2.46. The van der Waals surface area contributed by atoms with Crippen molar-refractivity contribution < 1.29 is 13.2 Å². The standard InChI is InChI=1S/C11H9F3N2/c1-7-6-15-16-10(7)8-4-2-3-5-9(8)11(12,13)14/h2-6H,1H3,(H,15,16). The number of nitrogens with zero attached hydrogens (tertiary/aromatic N) is 1. The predicted octanol–water partition coefficient (Wildman–Crippen LogP) is 3.40. The predicted molar refractivity (Wildman–Crippen MR) is 53.8 cm³/mol. The molecule has 0 saturated heterocycles. The van der Waals surface area contributed by atoms with Crippen molar-refractivity contribution in [3.63, 3.8) is 0 Å². The minimum Gasteiger partial charge on any atom is -0.278 e. The molecule has 16 heavy (non-hydrogen) atoms. The summed E-state index contributed by atoms with van der Waals surface area (Å²) < 4.78 is 38.2. The van der Waals surface area contributed by atoms with Crippen molar-refractivity contribution in [1.29, 1.82) is 0 Å². The lowest BCUT2D eigenvalue weighted by molar-refractivity contribution is -0.137. The first kappa shape index (κ1) is 10.7. The van der Waals surface area contributed by atoms with Crippen molar-refractivity contribution in [2.75, 3.05) is 0 Å². The number of halogens is 3. The van der Waals surface area contributed by atoms with Crippen LogP contribution in [0.3, 0.4) is 0 Å². The molecule has 0 unspecified atom stereocenters. The van der Waals surface area contributed by atoms with Gasteiger partial charge in [0.25, 0.3) is 0 Å². The summed E-state index contributed by atoms with van der Waals surface area (Å²) in [5.74, 6) is 0. The largest absolute Gasteiger partial charge is 0.417 e. The van der Waals surface area contributed by atoms with E-state index >= 15 is 0 Å². The van der Waals surface area contributed by atoms with Gasteiger partial charge in [0.15, 0.2) is 0 Å². The van der Waals surface area contributed by atoms with Crippen LogP contribution in [0.2, 0.25) is 0 Å². The zero-order chi connectivity index (χ0) is 11.8. The van der Waals surface area contributed by atoms with Gasteiger partial charge in [0.05, 0.1) is 17.5 Å². The fourth-order valence-electron chi connectivity index (χ4n) is 1.57. The van der Waals surface area contributed by atoms with Crippen LogP contribution < -0.4 is 0 Å². The molecule has 0 aliphatic rings. The number of nitrogens with one attached hydrogen (secondary N) is 1. The van der Waals surface area contributed by atoms with Crippen molar-refractivity contribution in [3.05, 3.63) is 41.6 Å². The van der Waals surface area contributed by atoms with Crippen LogP contribution in [0.5, 0.6) is 0 Å². The van der Waals surface area contributed by atoms with Crippen molar-refractivity contribution in [2.24, 2.45) is 0 Å². The Hall–Kier alpha value is -1.78. The van der Waals surface area contributed by atoms with Gasteiger partial charge in [0.1, 0.15) is 0 Å². The maximum Gasteiger partial charge on any atom is 0.417 e. The Bertz CT molecular complexity index is 500. The zero-order valence-corrected chi connectivity index (χ0v) is 8.47. The van der Waals surface area contributed by atoms with Gasteiger partial charge >= 0.3 is 6.18 Å². The van der Waals surface area contributed by atoms with Gasteiger partial charge < -0.3 is 0 Å². The third-order valence-corrected chi connectivity index (χ3v) is 2.33. The molecule has 0 amide bonds. The maximum atomic E-state index is 12.7. The zero-order valence-electron chi connectivity index (χ0n) is 8.47. The molecule has 1 aromatic carbocycles. The summed E-state index contributed by atoms with van der Waals surface area (Å²) in [6.07, 6.45) is -2.85. The molecule has 84 valence electrons. The van der Waals surface area contributed by atoms with E-state index in [1.807, 2.05) is 0 Å². The van der Waals surface area contributed by atoms with Gasteiger partial charge in [-0.3, -0.25) is 5.10 Å². The maximum absolute atomic E-state index is 12.7. The third kappa shape index (κ3) is 1.80. The van der Waals surface area contributed by atoms with Crippen molar-refractivity contribution >= 4 is 0 Å². The van der Waals surface area contributed by atoms with Crippen LogP contribution in [0.25, 0.3) is 11.3 Å². The summed E-state index contributed by atoms with van der Waals surface area (Å²) in [5.41, 5.74) is 0.581. The summed E-state index contributed by atoms with van der Waals surface area (Å²) >= 11 is 0. The first-order valence-electron chi connectivity index (χ1n) is 4.66. The van der Waals surface area contributed by atoms with Crippen LogP contribution in [0.4, 0.5) is 13.2 Å². The number of H-pyrrole nitrogens is 1. The molecule has 0 radical (unpaired) electrons. The van der Waals surface area contributed by atoms with Gasteiger partial charge in [0.2, 0.25) is 0 Å². The Morgan fingerprint density at radius 1 is 1.19 bits per heavy atom. The highest BCUT2D eigenvalue weighted by atomic mass is 19.4. The summed E-state index contributed by atoms with van der Waals surface area (Å²) in [7, 11) is 0. The number of hydrogen-bond donors (Lipinski definition) is 1. The van der Waals surface area contributed by atoms with Crippen molar-refractivity contribution in [3.8, 4) is 11.3 Å². The molecule has 0 saturated carbocycles. The average Bonchev–Trinajstić information content (AvgIpc) is 2.63. The van der Waals surface area contributed by atoms with Crippen LogP contribution in [-0.2, 0) is 6.18 Å². The molecule has 0 aliphatic heterocycles. The highest BCUT2D eigenvalue weighted by Gasteiger charge is 2.33. The van der Waals surface area contributed by atoms with E-state index in [1.165, 1.54) is 18.3 Å². The number of aryl methyl sites for hydroxylation is 1. The lowest BCUT2D eigenvalue weighted by Gasteiger charge is -2.11. The molecular weight excluding hydrogens is 217 g/mol. The van der Waals surface area contributed by atoms with E-state index < -0.39 is 11.7 Å². The Morgan fingerprint density at radius 2 is 1.88 bits per heavy atom. The first-order chi connectivity index (χ1) is 7.50. The second-order valence-electron chi connectivity index (χ2n) is 3.47. The molecule has 2 nitrogen and oxygen atoms in total. The van der Waals surface area contributed by atoms with E-state index in [0.29, 0.717) is 11.3 Å². The smallest absolute Gasteiger partial charge is 0.278 e. The number of hydrogen-bond acceptors (Lipinski definition) is 1. The molecule has 0 bridgehead atoms. The molecule has 2 rings (SSSR count). The van der Waals surface area contributed by atoms with E-state index in [-0.39, 0.29) is 5.56 Å². The van der Waals surface area contributed by atoms with E-state index in [9.17, 15) is 13.2 Å². The first-order valence-corrected chi connectivity index (χ1v) is 4.66. The molecular formula is C11H9F3N2. The number of aromatic nitrogens is 2. The van der Waals surface area contributed by atoms with E-state index in [4.69, 9.17) is 0 Å². The lowest BCUT2D eigenvalue weighted by Crippen LogP contribution is -2.07. The van der Waals surface area contributed by atoms with Gasteiger partial charge in [-0.25, -0.2) is 0 Å². The number of alkyl halides is 3. The molecule has 2 aromatic rings. The van der Waals surface area contributed by atoms with Gasteiger partial charge in [-0.05, 0) is 18.6 Å². The molecule has 1 N–H and O–H groups in total. The number of benzene rings is 1. The SMILES string of the molecule is Cc1cn[nH]c1-c1ccccc1C(F)(F)F. The highest BCUT2D eigenvalue weighted by Crippen LogP contribution is 2.36. The molecule has 0 aliphatic carbocycles. The monoisotopic (exact) mass is 226 g/mol. The molecule has 1 aromatic heterocycles. The fraction of sp³-hybridized carbons (Fsp3) is 0.182. The van der Waals surface area contributed by atoms with Gasteiger partial charge in [-0.15, -0.1) is 0 Å². The molecule has 0 spiro atoms. The second-order valence-corrected chi connectivity index (χ2v) is 3.47. The summed E-state index contributed by atoms with van der Waals surface area (Å²) in [6, 6.07) is 5.45. The molecule has 5 heteroatoms. The average molecular weight is 226 g/mol. The second kappa shape index (κ2) is 3.66. The molecule has 0 fully saturated rings. The lowest BCUT2D eigenvalue weighted by atomic mass is 10.0. The van der Waals surface area contributed by atoms with Crippen molar-refractivity contribution in [1.82, 2.24) is 10.2 Å². The fourth-order valence-corrected chi connectivity index (χ4v) is 1.57. The van der Waals surface area contributed by atoms with Gasteiger partial charge in [-0.2, -0.15) is 18.3 Å². The van der Waals surface area contributed by atoms with E-state index in [0.717, 1.165) is 6.07 Å². The van der Waals surface area contributed by atoms with Crippen LogP contribution in [0.15, 0.2) is 30.5 Å². The third-order valence-electron chi connectivity index (χ3n) is 2.33. The van der Waals surface area contributed by atoms with Gasteiger partial charge in [-0.1, -0.05) is 18.2 Å². The molecule has 1 heterocycles. The summed E-state index contributed by atoms with van der Waals surface area (Å²) in [4.78, 5) is 0. The topological polar surface area (TPSA) is 28.7 Å². The number of aromatic amines is 1. The Morgan fingerprint density at radius 3 is 2.44 bits per heavy atom. The molecule has 0 atom stereocenters. The number of rotatable bonds is 1. The Balaban J connectivity index is 2.62. The highest BCUT2D eigenvalue weighted by molar-refractivity contribution is 5.66.